The standard InChI is InChI=1S/C12H12NO2/c1-3-4-8-15-13-10-11-6-5-7-12(9-11)14-2/h1,5-7,9H,4,8H2,2H3. The van der Waals surface area contributed by atoms with Crippen LogP contribution in [0.2, 0.25) is 0 Å². The maximum absolute atomic E-state index is 5.05. The molecule has 0 heterocycles. The Balaban J connectivity index is 2.46. The van der Waals surface area contributed by atoms with Crippen molar-refractivity contribution in [2.24, 2.45) is 5.16 Å². The van der Waals surface area contributed by atoms with E-state index in [4.69, 9.17) is 16.0 Å². The molecule has 0 aromatic heterocycles. The Morgan fingerprint density at radius 3 is 3.07 bits per heavy atom. The van der Waals surface area contributed by atoms with E-state index in [2.05, 4.69) is 17.3 Å². The predicted molar refractivity (Wildman–Crippen MR) is 58.9 cm³/mol. The van der Waals surface area contributed by atoms with Crippen molar-refractivity contribution in [2.75, 3.05) is 13.7 Å². The van der Waals surface area contributed by atoms with Crippen LogP contribution in [-0.4, -0.2) is 19.9 Å². The first-order chi connectivity index (χ1) is 7.36. The molecule has 0 unspecified atom stereocenters. The third-order valence-corrected chi connectivity index (χ3v) is 1.65. The summed E-state index contributed by atoms with van der Waals surface area (Å²) in [4.78, 5) is 4.88. The van der Waals surface area contributed by atoms with Crippen LogP contribution in [0.1, 0.15) is 12.0 Å². The summed E-state index contributed by atoms with van der Waals surface area (Å²) in [5.41, 5.74) is 0.801. The molecule has 0 atom stereocenters. The first-order valence-corrected chi connectivity index (χ1v) is 4.52. The third-order valence-electron chi connectivity index (χ3n) is 1.65. The van der Waals surface area contributed by atoms with E-state index in [1.54, 1.807) is 7.11 Å². The van der Waals surface area contributed by atoms with E-state index in [-0.39, 0.29) is 0 Å². The zero-order valence-corrected chi connectivity index (χ0v) is 8.56. The molecule has 0 saturated carbocycles. The van der Waals surface area contributed by atoms with Crippen LogP contribution in [0.3, 0.4) is 0 Å². The molecule has 0 saturated heterocycles. The second kappa shape index (κ2) is 6.50. The van der Waals surface area contributed by atoms with Crippen LogP contribution in [0.15, 0.2) is 29.4 Å². The molecule has 0 amide bonds. The number of hydrogen-bond acceptors (Lipinski definition) is 3. The highest BCUT2D eigenvalue weighted by Gasteiger charge is 1.92. The molecule has 15 heavy (non-hydrogen) atoms. The molecular weight excluding hydrogens is 190 g/mol. The zero-order valence-electron chi connectivity index (χ0n) is 8.56. The highest BCUT2D eigenvalue weighted by atomic mass is 16.6. The minimum absolute atomic E-state index is 0.410. The number of rotatable bonds is 5. The zero-order chi connectivity index (χ0) is 10.9. The van der Waals surface area contributed by atoms with Crippen LogP contribution in [0.25, 0.3) is 0 Å². The van der Waals surface area contributed by atoms with Crippen molar-refractivity contribution in [3.8, 4) is 18.1 Å². The second-order valence-electron chi connectivity index (χ2n) is 2.72. The molecule has 0 fully saturated rings. The lowest BCUT2D eigenvalue weighted by molar-refractivity contribution is 0.152. The second-order valence-corrected chi connectivity index (χ2v) is 2.72. The fourth-order valence-corrected chi connectivity index (χ4v) is 0.928. The van der Waals surface area contributed by atoms with Gasteiger partial charge in [-0.15, -0.1) is 12.3 Å². The average Bonchev–Trinajstić information content (AvgIpc) is 2.29. The van der Waals surface area contributed by atoms with E-state index in [1.807, 2.05) is 24.3 Å². The van der Waals surface area contributed by atoms with Gasteiger partial charge < -0.3 is 9.57 Å². The summed E-state index contributed by atoms with van der Waals surface area (Å²) in [7, 11) is 1.61. The van der Waals surface area contributed by atoms with Gasteiger partial charge in [-0.2, -0.15) is 0 Å². The Morgan fingerprint density at radius 2 is 2.33 bits per heavy atom. The molecule has 0 aliphatic carbocycles. The highest BCUT2D eigenvalue weighted by molar-refractivity contribution is 5.79. The topological polar surface area (TPSA) is 30.8 Å². The third kappa shape index (κ3) is 4.19. The van der Waals surface area contributed by atoms with Gasteiger partial charge in [-0.3, -0.25) is 0 Å². The van der Waals surface area contributed by atoms with Crippen molar-refractivity contribution in [3.05, 3.63) is 29.8 Å². The lowest BCUT2D eigenvalue weighted by Gasteiger charge is -1.99. The van der Waals surface area contributed by atoms with Gasteiger partial charge >= 0.3 is 0 Å². The normalized spacial score (nSPS) is 9.87. The molecule has 3 heteroatoms. The molecule has 0 spiro atoms. The summed E-state index contributed by atoms with van der Waals surface area (Å²) in [5, 5.41) is 3.65. The lowest BCUT2D eigenvalue weighted by atomic mass is 10.2. The summed E-state index contributed by atoms with van der Waals surface area (Å²) < 4.78 is 5.05. The summed E-state index contributed by atoms with van der Waals surface area (Å²) in [6.45, 7) is 0.410. The summed E-state index contributed by atoms with van der Waals surface area (Å²) in [5.74, 6) is 3.21. The van der Waals surface area contributed by atoms with E-state index in [1.165, 1.54) is 0 Å². The van der Waals surface area contributed by atoms with Gasteiger partial charge in [-0.25, -0.2) is 0 Å². The van der Waals surface area contributed by atoms with Gasteiger partial charge in [-0.1, -0.05) is 17.3 Å². The largest absolute Gasteiger partial charge is 0.497 e. The number of terminal acetylenes is 1. The van der Waals surface area contributed by atoms with E-state index in [0.29, 0.717) is 13.0 Å². The van der Waals surface area contributed by atoms with Crippen molar-refractivity contribution < 1.29 is 9.57 Å². The highest BCUT2D eigenvalue weighted by Crippen LogP contribution is 2.10. The Bertz CT molecular complexity index is 366. The fraction of sp³-hybridized carbons (Fsp3) is 0.250. The van der Waals surface area contributed by atoms with Crippen LogP contribution in [-0.2, 0) is 4.84 Å². The number of benzene rings is 1. The SMILES string of the molecule is C#CCCON=[C]c1cccc(OC)c1. The monoisotopic (exact) mass is 202 g/mol. The number of methoxy groups -OCH3 is 1. The van der Waals surface area contributed by atoms with Gasteiger partial charge in [0.15, 0.2) is 0 Å². The molecule has 1 aromatic carbocycles. The van der Waals surface area contributed by atoms with Gasteiger partial charge in [0.2, 0.25) is 0 Å². The first-order valence-electron chi connectivity index (χ1n) is 4.52. The van der Waals surface area contributed by atoms with Crippen molar-refractivity contribution in [1.29, 1.82) is 0 Å². The van der Waals surface area contributed by atoms with Crippen LogP contribution >= 0.6 is 0 Å². The minimum atomic E-state index is 0.410. The van der Waals surface area contributed by atoms with Crippen LogP contribution in [0.5, 0.6) is 5.75 Å². The summed E-state index contributed by atoms with van der Waals surface area (Å²) >= 11 is 0. The lowest BCUT2D eigenvalue weighted by Crippen LogP contribution is -1.88. The molecule has 0 bridgehead atoms. The Kier molecular flexibility index (Phi) is 4.82. The van der Waals surface area contributed by atoms with Crippen molar-refractivity contribution in [1.82, 2.24) is 0 Å². The van der Waals surface area contributed by atoms with E-state index in [9.17, 15) is 0 Å². The molecule has 0 N–H and O–H groups in total. The molecule has 1 rings (SSSR count). The summed E-state index contributed by atoms with van der Waals surface area (Å²) in [6.07, 6.45) is 8.33. The quantitative estimate of drug-likeness (QED) is 0.316. The smallest absolute Gasteiger partial charge is 0.139 e. The Labute approximate surface area is 89.7 Å². The van der Waals surface area contributed by atoms with Crippen molar-refractivity contribution in [3.63, 3.8) is 0 Å². The molecule has 3 nitrogen and oxygen atoms in total. The predicted octanol–water partition coefficient (Wildman–Crippen LogP) is 1.95. The van der Waals surface area contributed by atoms with Crippen LogP contribution < -0.4 is 4.74 Å². The molecule has 0 aliphatic heterocycles. The van der Waals surface area contributed by atoms with Crippen LogP contribution in [0, 0.1) is 12.3 Å². The van der Waals surface area contributed by atoms with Crippen LogP contribution in [0.4, 0.5) is 0 Å². The average molecular weight is 202 g/mol. The Hall–Kier alpha value is -1.95. The van der Waals surface area contributed by atoms with Crippen molar-refractivity contribution in [2.45, 2.75) is 6.42 Å². The minimum Gasteiger partial charge on any atom is -0.497 e. The molecule has 0 aliphatic rings. The molecule has 1 radical (unpaired) electrons. The maximum atomic E-state index is 5.05. The van der Waals surface area contributed by atoms with E-state index in [0.717, 1.165) is 11.3 Å². The number of nitrogens with zero attached hydrogens (tertiary/aromatic N) is 1. The number of hydrogen-bond donors (Lipinski definition) is 0. The maximum Gasteiger partial charge on any atom is 0.139 e. The van der Waals surface area contributed by atoms with Gasteiger partial charge in [-0.05, 0) is 12.1 Å². The number of ether oxygens (including phenoxy) is 1. The van der Waals surface area contributed by atoms with Gasteiger partial charge in [0.25, 0.3) is 0 Å². The Morgan fingerprint density at radius 1 is 1.47 bits per heavy atom. The van der Waals surface area contributed by atoms with Gasteiger partial charge in [0, 0.05) is 12.0 Å². The molecule has 1 aromatic rings. The summed E-state index contributed by atoms with van der Waals surface area (Å²) in [6, 6.07) is 7.38. The fourth-order valence-electron chi connectivity index (χ4n) is 0.928. The van der Waals surface area contributed by atoms with E-state index >= 15 is 0 Å². The van der Waals surface area contributed by atoms with Gasteiger partial charge in [0.1, 0.15) is 18.6 Å². The molecule has 77 valence electrons. The van der Waals surface area contributed by atoms with Gasteiger partial charge in [0.05, 0.1) is 7.11 Å². The molecular formula is C12H12NO2. The van der Waals surface area contributed by atoms with Crippen molar-refractivity contribution >= 4 is 6.21 Å². The van der Waals surface area contributed by atoms with E-state index < -0.39 is 0 Å². The first kappa shape index (κ1) is 11.1.